The molecule has 2 aromatic rings. The third-order valence-corrected chi connectivity index (χ3v) is 4.48. The lowest BCUT2D eigenvalue weighted by Gasteiger charge is -2.12. The van der Waals surface area contributed by atoms with Crippen molar-refractivity contribution in [3.05, 3.63) is 58.9 Å². The molecule has 0 saturated heterocycles. The first-order valence-corrected chi connectivity index (χ1v) is 7.82. The average Bonchev–Trinajstić information content (AvgIpc) is 2.42. The van der Waals surface area contributed by atoms with Gasteiger partial charge in [-0.2, -0.15) is 0 Å². The molecule has 0 heterocycles. The minimum atomic E-state index is -4.01. The number of nitrogens with one attached hydrogen (secondary N) is 1. The number of halogens is 1. The molecule has 116 valence electrons. The Labute approximate surface area is 127 Å². The molecule has 0 aliphatic rings. The molecule has 0 radical (unpaired) electrons. The van der Waals surface area contributed by atoms with Gasteiger partial charge in [-0.25, -0.2) is 17.6 Å². The smallest absolute Gasteiger partial charge is 0.338 e. The number of hydrogen-bond donors (Lipinski definition) is 2. The first-order valence-electron chi connectivity index (χ1n) is 6.33. The van der Waals surface area contributed by atoms with Crippen LogP contribution in [-0.4, -0.2) is 19.5 Å². The lowest BCUT2D eigenvalue weighted by molar-refractivity contribution is 0.0691. The molecular formula is C15H14FNO4S. The van der Waals surface area contributed by atoms with Crippen LogP contribution in [0.5, 0.6) is 0 Å². The third-order valence-electron chi connectivity index (χ3n) is 3.12. The molecule has 0 amide bonds. The quantitative estimate of drug-likeness (QED) is 0.906. The van der Waals surface area contributed by atoms with Gasteiger partial charge >= 0.3 is 5.97 Å². The molecule has 0 aromatic heterocycles. The Hall–Kier alpha value is -2.41. The number of aromatic carboxylic acids is 1. The SMILES string of the molecule is Cc1ccc(C)c(NS(=O)(=O)c2ccc(F)c(C(=O)O)c2)c1. The molecule has 5 nitrogen and oxygen atoms in total. The Bertz CT molecular complexity index is 847. The fraction of sp³-hybridized carbons (Fsp3) is 0.133. The third kappa shape index (κ3) is 3.25. The van der Waals surface area contributed by atoms with Crippen molar-refractivity contribution >= 4 is 21.7 Å². The summed E-state index contributed by atoms with van der Waals surface area (Å²) in [5.74, 6) is -2.51. The molecule has 0 aliphatic heterocycles. The topological polar surface area (TPSA) is 83.5 Å². The summed E-state index contributed by atoms with van der Waals surface area (Å²) in [5.41, 5.74) is 1.29. The van der Waals surface area contributed by atoms with E-state index in [1.807, 2.05) is 13.0 Å². The molecule has 2 N–H and O–H groups in total. The zero-order valence-corrected chi connectivity index (χ0v) is 12.7. The maximum absolute atomic E-state index is 13.4. The van der Waals surface area contributed by atoms with Gasteiger partial charge < -0.3 is 5.11 Å². The molecule has 0 aliphatic carbocycles. The van der Waals surface area contributed by atoms with Crippen molar-refractivity contribution in [2.24, 2.45) is 0 Å². The van der Waals surface area contributed by atoms with E-state index in [1.54, 1.807) is 19.1 Å². The van der Waals surface area contributed by atoms with E-state index in [-0.39, 0.29) is 4.90 Å². The van der Waals surface area contributed by atoms with Gasteiger partial charge in [-0.05, 0) is 49.2 Å². The van der Waals surface area contributed by atoms with E-state index in [2.05, 4.69) is 4.72 Å². The fourth-order valence-electron chi connectivity index (χ4n) is 1.88. The van der Waals surface area contributed by atoms with Crippen LogP contribution in [-0.2, 0) is 10.0 Å². The predicted molar refractivity (Wildman–Crippen MR) is 80.1 cm³/mol. The lowest BCUT2D eigenvalue weighted by Crippen LogP contribution is -2.15. The maximum Gasteiger partial charge on any atom is 0.338 e. The van der Waals surface area contributed by atoms with Gasteiger partial charge in [0.05, 0.1) is 16.1 Å². The van der Waals surface area contributed by atoms with Gasteiger partial charge in [-0.1, -0.05) is 12.1 Å². The largest absolute Gasteiger partial charge is 0.478 e. The molecule has 2 rings (SSSR count). The van der Waals surface area contributed by atoms with Gasteiger partial charge in [0.15, 0.2) is 0 Å². The lowest BCUT2D eigenvalue weighted by atomic mass is 10.1. The van der Waals surface area contributed by atoms with E-state index in [0.717, 1.165) is 29.3 Å². The second-order valence-corrected chi connectivity index (χ2v) is 6.55. The van der Waals surface area contributed by atoms with Crippen molar-refractivity contribution in [3.8, 4) is 0 Å². The fourth-order valence-corrected chi connectivity index (χ4v) is 3.03. The highest BCUT2D eigenvalue weighted by Gasteiger charge is 2.19. The minimum absolute atomic E-state index is 0.313. The van der Waals surface area contributed by atoms with Crippen molar-refractivity contribution in [1.29, 1.82) is 0 Å². The number of sulfonamides is 1. The van der Waals surface area contributed by atoms with Crippen molar-refractivity contribution in [2.75, 3.05) is 4.72 Å². The Balaban J connectivity index is 2.45. The van der Waals surface area contributed by atoms with Crippen LogP contribution in [0, 0.1) is 19.7 Å². The van der Waals surface area contributed by atoms with Gasteiger partial charge in [0.1, 0.15) is 5.82 Å². The van der Waals surface area contributed by atoms with Gasteiger partial charge in [0, 0.05) is 0 Å². The van der Waals surface area contributed by atoms with Crippen LogP contribution >= 0.6 is 0 Å². The molecule has 22 heavy (non-hydrogen) atoms. The molecule has 7 heteroatoms. The number of carboxylic acids is 1. The molecule has 0 unspecified atom stereocenters. The molecule has 0 fully saturated rings. The highest BCUT2D eigenvalue weighted by Crippen LogP contribution is 2.22. The molecule has 0 bridgehead atoms. The summed E-state index contributed by atoms with van der Waals surface area (Å²) < 4.78 is 40.4. The van der Waals surface area contributed by atoms with Gasteiger partial charge in [-0.3, -0.25) is 4.72 Å². The van der Waals surface area contributed by atoms with E-state index in [0.29, 0.717) is 5.69 Å². The molecule has 0 spiro atoms. The number of hydrogen-bond acceptors (Lipinski definition) is 3. The molecule has 0 atom stereocenters. The van der Waals surface area contributed by atoms with Crippen LogP contribution in [0.25, 0.3) is 0 Å². The summed E-state index contributed by atoms with van der Waals surface area (Å²) in [4.78, 5) is 10.6. The monoisotopic (exact) mass is 323 g/mol. The van der Waals surface area contributed by atoms with Crippen LogP contribution in [0.2, 0.25) is 0 Å². The van der Waals surface area contributed by atoms with Crippen molar-refractivity contribution in [1.82, 2.24) is 0 Å². The highest BCUT2D eigenvalue weighted by molar-refractivity contribution is 7.92. The number of carboxylic acid groups (broad SMARTS) is 1. The number of aryl methyl sites for hydroxylation is 2. The second-order valence-electron chi connectivity index (χ2n) is 4.87. The first-order chi connectivity index (χ1) is 10.2. The van der Waals surface area contributed by atoms with Gasteiger partial charge in [0.2, 0.25) is 0 Å². The Morgan fingerprint density at radius 2 is 1.82 bits per heavy atom. The van der Waals surface area contributed by atoms with E-state index in [9.17, 15) is 17.6 Å². The Kier molecular flexibility index (Phi) is 4.18. The zero-order valence-electron chi connectivity index (χ0n) is 11.9. The molecule has 0 saturated carbocycles. The van der Waals surface area contributed by atoms with E-state index in [1.165, 1.54) is 0 Å². The molecular weight excluding hydrogens is 309 g/mol. The first kappa shape index (κ1) is 16.0. The van der Waals surface area contributed by atoms with Gasteiger partial charge in [-0.15, -0.1) is 0 Å². The van der Waals surface area contributed by atoms with E-state index < -0.39 is 27.4 Å². The number of rotatable bonds is 4. The number of benzene rings is 2. The van der Waals surface area contributed by atoms with Crippen LogP contribution < -0.4 is 4.72 Å². The molecule has 2 aromatic carbocycles. The van der Waals surface area contributed by atoms with E-state index >= 15 is 0 Å². The van der Waals surface area contributed by atoms with Gasteiger partial charge in [0.25, 0.3) is 10.0 Å². The van der Waals surface area contributed by atoms with Crippen LogP contribution in [0.15, 0.2) is 41.3 Å². The standard InChI is InChI=1S/C15H14FNO4S/c1-9-3-4-10(2)14(7-9)17-22(20,21)11-5-6-13(16)12(8-11)15(18)19/h3-8,17H,1-2H3,(H,18,19). The zero-order chi connectivity index (χ0) is 16.5. The summed E-state index contributed by atoms with van der Waals surface area (Å²) in [6, 6.07) is 7.91. The second kappa shape index (κ2) is 5.76. The van der Waals surface area contributed by atoms with E-state index in [4.69, 9.17) is 5.11 Å². The Morgan fingerprint density at radius 1 is 1.14 bits per heavy atom. The van der Waals surface area contributed by atoms with Crippen LogP contribution in [0.1, 0.15) is 21.5 Å². The summed E-state index contributed by atoms with van der Waals surface area (Å²) in [6.07, 6.45) is 0. The predicted octanol–water partition coefficient (Wildman–Crippen LogP) is 2.94. The van der Waals surface area contributed by atoms with Crippen molar-refractivity contribution in [3.63, 3.8) is 0 Å². The van der Waals surface area contributed by atoms with Crippen molar-refractivity contribution < 1.29 is 22.7 Å². The van der Waals surface area contributed by atoms with Crippen LogP contribution in [0.4, 0.5) is 10.1 Å². The summed E-state index contributed by atoms with van der Waals surface area (Å²) in [7, 11) is -4.01. The summed E-state index contributed by atoms with van der Waals surface area (Å²) in [6.45, 7) is 3.56. The summed E-state index contributed by atoms with van der Waals surface area (Å²) in [5, 5.41) is 8.87. The highest BCUT2D eigenvalue weighted by atomic mass is 32.2. The number of carbonyl (C=O) groups is 1. The number of anilines is 1. The minimum Gasteiger partial charge on any atom is -0.478 e. The summed E-state index contributed by atoms with van der Waals surface area (Å²) >= 11 is 0. The maximum atomic E-state index is 13.4. The Morgan fingerprint density at radius 3 is 2.45 bits per heavy atom. The van der Waals surface area contributed by atoms with Crippen LogP contribution in [0.3, 0.4) is 0 Å². The average molecular weight is 323 g/mol. The normalized spacial score (nSPS) is 11.2. The van der Waals surface area contributed by atoms with Crippen molar-refractivity contribution in [2.45, 2.75) is 18.7 Å².